The third-order valence-corrected chi connectivity index (χ3v) is 5.40. The Bertz CT molecular complexity index is 978. The van der Waals surface area contributed by atoms with E-state index in [9.17, 15) is 13.9 Å². The fraction of sp³-hybridized carbons (Fsp3) is 0.556. The lowest BCUT2D eigenvalue weighted by Gasteiger charge is -2.24. The summed E-state index contributed by atoms with van der Waals surface area (Å²) < 4.78 is 30.5. The zero-order valence-electron chi connectivity index (χ0n) is 16.1. The number of hydrogen-bond acceptors (Lipinski definition) is 8. The Hall–Kier alpha value is -2.86. The Labute approximate surface area is 170 Å². The van der Waals surface area contributed by atoms with Crippen LogP contribution in [0.15, 0.2) is 18.2 Å². The summed E-state index contributed by atoms with van der Waals surface area (Å²) in [6.45, 7) is 0.879. The van der Waals surface area contributed by atoms with Crippen LogP contribution in [0.25, 0.3) is 0 Å². The standard InChI is InChI=1S/C18H21F2N9O/c19-14-6-1-11(7-15(14)20)16(30)8-27(9-17-21-23-25-28(17)12-2-3-12)10-18-22-24-26-29(18)13-4-5-13/h1,6-7,12-13,16,30H,2-5,8-10H2. The molecule has 1 atom stereocenters. The van der Waals surface area contributed by atoms with E-state index < -0.39 is 17.7 Å². The first kappa shape index (κ1) is 19.1. The SMILES string of the molecule is OC(CN(Cc1nnnn1C1CC1)Cc1nnnn1C1CC1)c1ccc(F)c(F)c1. The van der Waals surface area contributed by atoms with Crippen LogP contribution in [0.1, 0.15) is 61.1 Å². The monoisotopic (exact) mass is 417 g/mol. The maximum atomic E-state index is 13.6. The van der Waals surface area contributed by atoms with Crippen molar-refractivity contribution in [1.82, 2.24) is 45.3 Å². The number of nitrogens with zero attached hydrogens (tertiary/aromatic N) is 9. The highest BCUT2D eigenvalue weighted by molar-refractivity contribution is 5.20. The number of rotatable bonds is 9. The molecule has 30 heavy (non-hydrogen) atoms. The van der Waals surface area contributed by atoms with Crippen molar-refractivity contribution >= 4 is 0 Å². The van der Waals surface area contributed by atoms with Crippen molar-refractivity contribution < 1.29 is 13.9 Å². The van der Waals surface area contributed by atoms with Crippen LogP contribution in [-0.4, -0.2) is 57.0 Å². The highest BCUT2D eigenvalue weighted by atomic mass is 19.2. The molecule has 10 nitrogen and oxygen atoms in total. The van der Waals surface area contributed by atoms with E-state index in [4.69, 9.17) is 0 Å². The van der Waals surface area contributed by atoms with Gasteiger partial charge in [-0.05, 0) is 64.2 Å². The maximum absolute atomic E-state index is 13.6. The zero-order valence-corrected chi connectivity index (χ0v) is 16.1. The van der Waals surface area contributed by atoms with Crippen LogP contribution < -0.4 is 0 Å². The maximum Gasteiger partial charge on any atom is 0.165 e. The molecular weight excluding hydrogens is 396 g/mol. The molecule has 0 radical (unpaired) electrons. The molecule has 2 fully saturated rings. The molecule has 1 N–H and O–H groups in total. The molecule has 2 saturated carbocycles. The lowest BCUT2D eigenvalue weighted by Crippen LogP contribution is -2.31. The second kappa shape index (κ2) is 7.76. The highest BCUT2D eigenvalue weighted by Crippen LogP contribution is 2.36. The number of benzene rings is 1. The van der Waals surface area contributed by atoms with E-state index in [2.05, 4.69) is 31.1 Å². The summed E-state index contributed by atoms with van der Waals surface area (Å²) in [4.78, 5) is 1.92. The highest BCUT2D eigenvalue weighted by Gasteiger charge is 2.31. The smallest absolute Gasteiger partial charge is 0.165 e. The van der Waals surface area contributed by atoms with E-state index in [1.165, 1.54) is 6.07 Å². The summed E-state index contributed by atoms with van der Waals surface area (Å²) >= 11 is 0. The Kier molecular flexibility index (Phi) is 4.95. The molecule has 0 spiro atoms. The molecular formula is C18H21F2N9O. The Morgan fingerprint density at radius 1 is 0.933 bits per heavy atom. The minimum atomic E-state index is -1.03. The molecule has 1 aromatic carbocycles. The van der Waals surface area contributed by atoms with Crippen molar-refractivity contribution in [3.8, 4) is 0 Å². The van der Waals surface area contributed by atoms with Crippen LogP contribution in [0.2, 0.25) is 0 Å². The van der Waals surface area contributed by atoms with Gasteiger partial charge in [0.2, 0.25) is 0 Å². The van der Waals surface area contributed by atoms with Gasteiger partial charge in [-0.1, -0.05) is 6.07 Å². The van der Waals surface area contributed by atoms with Crippen molar-refractivity contribution in [2.24, 2.45) is 0 Å². The van der Waals surface area contributed by atoms with Gasteiger partial charge < -0.3 is 5.11 Å². The molecule has 5 rings (SSSR count). The number of hydrogen-bond donors (Lipinski definition) is 1. The number of halogens is 2. The van der Waals surface area contributed by atoms with Crippen molar-refractivity contribution in [1.29, 1.82) is 0 Å². The summed E-state index contributed by atoms with van der Waals surface area (Å²) in [6.07, 6.45) is 3.12. The second-order valence-electron chi connectivity index (χ2n) is 7.90. The van der Waals surface area contributed by atoms with Crippen molar-refractivity contribution in [3.63, 3.8) is 0 Å². The molecule has 2 heterocycles. The van der Waals surface area contributed by atoms with Crippen LogP contribution in [0, 0.1) is 11.6 Å². The molecule has 0 saturated heterocycles. The van der Waals surface area contributed by atoms with Crippen molar-refractivity contribution in [2.75, 3.05) is 6.54 Å². The normalized spacial score (nSPS) is 17.6. The van der Waals surface area contributed by atoms with Crippen LogP contribution in [-0.2, 0) is 13.1 Å². The molecule has 0 aliphatic heterocycles. The zero-order chi connectivity index (χ0) is 20.7. The van der Waals surface area contributed by atoms with E-state index in [-0.39, 0.29) is 6.54 Å². The predicted octanol–water partition coefficient (Wildman–Crippen LogP) is 1.34. The third kappa shape index (κ3) is 4.05. The Morgan fingerprint density at radius 2 is 1.50 bits per heavy atom. The quantitative estimate of drug-likeness (QED) is 0.555. The molecule has 12 heteroatoms. The number of aromatic nitrogens is 8. The summed E-state index contributed by atoms with van der Waals surface area (Å²) in [7, 11) is 0. The van der Waals surface area contributed by atoms with Crippen LogP contribution >= 0.6 is 0 Å². The number of tetrazole rings is 2. The van der Waals surface area contributed by atoms with Gasteiger partial charge in [0.1, 0.15) is 0 Å². The minimum Gasteiger partial charge on any atom is -0.387 e. The van der Waals surface area contributed by atoms with E-state index in [0.717, 1.165) is 37.8 Å². The minimum absolute atomic E-state index is 0.153. The average molecular weight is 417 g/mol. The lowest BCUT2D eigenvalue weighted by molar-refractivity contribution is 0.0992. The first-order valence-electron chi connectivity index (χ1n) is 9.97. The van der Waals surface area contributed by atoms with Gasteiger partial charge in [-0.25, -0.2) is 18.1 Å². The summed E-state index contributed by atoms with van der Waals surface area (Å²) in [6, 6.07) is 4.03. The topological polar surface area (TPSA) is 111 Å². The predicted molar refractivity (Wildman–Crippen MR) is 97.6 cm³/mol. The van der Waals surface area contributed by atoms with E-state index in [1.54, 1.807) is 9.36 Å². The molecule has 2 aliphatic carbocycles. The molecule has 0 amide bonds. The average Bonchev–Trinajstić information content (AvgIpc) is 3.66. The molecule has 1 unspecified atom stereocenters. The fourth-order valence-electron chi connectivity index (χ4n) is 3.49. The van der Waals surface area contributed by atoms with E-state index in [1.807, 2.05) is 4.90 Å². The summed E-state index contributed by atoms with van der Waals surface area (Å²) in [5.74, 6) is -0.579. The molecule has 0 bridgehead atoms. The molecule has 158 valence electrons. The van der Waals surface area contributed by atoms with Gasteiger partial charge in [-0.2, -0.15) is 0 Å². The number of aliphatic hydroxyl groups excluding tert-OH is 1. The van der Waals surface area contributed by atoms with Gasteiger partial charge >= 0.3 is 0 Å². The Balaban J connectivity index is 1.37. The van der Waals surface area contributed by atoms with Gasteiger partial charge in [-0.3, -0.25) is 4.90 Å². The molecule has 3 aromatic rings. The summed E-state index contributed by atoms with van der Waals surface area (Å²) in [5, 5.41) is 34.7. The molecule has 2 aliphatic rings. The van der Waals surface area contributed by atoms with Gasteiger partial charge in [0.05, 0.1) is 31.3 Å². The van der Waals surface area contributed by atoms with Gasteiger partial charge in [0.15, 0.2) is 23.3 Å². The van der Waals surface area contributed by atoms with Crippen molar-refractivity contribution in [2.45, 2.75) is 57.0 Å². The van der Waals surface area contributed by atoms with Crippen LogP contribution in [0.5, 0.6) is 0 Å². The van der Waals surface area contributed by atoms with Crippen LogP contribution in [0.3, 0.4) is 0 Å². The Morgan fingerprint density at radius 3 is 2.00 bits per heavy atom. The van der Waals surface area contributed by atoms with Crippen LogP contribution in [0.4, 0.5) is 8.78 Å². The molecule has 2 aromatic heterocycles. The van der Waals surface area contributed by atoms with E-state index in [0.29, 0.717) is 42.4 Å². The lowest BCUT2D eigenvalue weighted by atomic mass is 10.1. The number of aliphatic hydroxyl groups is 1. The van der Waals surface area contributed by atoms with E-state index >= 15 is 0 Å². The summed E-state index contributed by atoms with van der Waals surface area (Å²) in [5.41, 5.74) is 0.294. The largest absolute Gasteiger partial charge is 0.387 e. The van der Waals surface area contributed by atoms with Crippen molar-refractivity contribution in [3.05, 3.63) is 47.0 Å². The first-order chi connectivity index (χ1) is 14.6. The second-order valence-corrected chi connectivity index (χ2v) is 7.90. The first-order valence-corrected chi connectivity index (χ1v) is 9.97. The van der Waals surface area contributed by atoms with Gasteiger partial charge in [0, 0.05) is 6.54 Å². The van der Waals surface area contributed by atoms with Gasteiger partial charge in [-0.15, -0.1) is 10.2 Å². The van der Waals surface area contributed by atoms with Gasteiger partial charge in [0.25, 0.3) is 0 Å². The fourth-order valence-corrected chi connectivity index (χ4v) is 3.49. The third-order valence-electron chi connectivity index (χ3n) is 5.40.